The standard InChI is InChI=1S/C69H75BN4/c1-65(2,3)44-24-32-49(33-25-44)72(50-34-26-45(27-35-50)66(4,5)6)52-42-61-63(53-20-17-18-21-56(53)71(61)16)62(43-52)74-58-39-31-48(69(13,14)15)41-55(58)70-54-40-47(68(10,11)12)30-38-57(54)73(59-22-19-23-60(74)64(59)70)51-36-28-46(29-37-51)67(7,8)9/h17-43H,1-16H3. The first kappa shape index (κ1) is 49.2. The van der Waals surface area contributed by atoms with Gasteiger partial charge in [-0.1, -0.05) is 189 Å². The third-order valence-electron chi connectivity index (χ3n) is 16.2. The zero-order valence-corrected chi connectivity index (χ0v) is 47.0. The molecule has 0 bridgehead atoms. The summed E-state index contributed by atoms with van der Waals surface area (Å²) in [5, 5.41) is 2.48. The topological polar surface area (TPSA) is 14.7 Å². The van der Waals surface area contributed by atoms with E-state index in [0.29, 0.717) is 0 Å². The Bertz CT molecular complexity index is 3580. The van der Waals surface area contributed by atoms with Crippen molar-refractivity contribution < 1.29 is 0 Å². The second kappa shape index (κ2) is 17.0. The van der Waals surface area contributed by atoms with Crippen molar-refractivity contribution in [3.63, 3.8) is 0 Å². The summed E-state index contributed by atoms with van der Waals surface area (Å²) in [5.41, 5.74) is 23.5. The largest absolute Gasteiger partial charge is 0.343 e. The molecule has 4 nitrogen and oxygen atoms in total. The van der Waals surface area contributed by atoms with E-state index in [1.807, 2.05) is 0 Å². The van der Waals surface area contributed by atoms with E-state index in [4.69, 9.17) is 0 Å². The molecule has 9 aromatic rings. The average Bonchev–Trinajstić information content (AvgIpc) is 3.63. The lowest BCUT2D eigenvalue weighted by Crippen LogP contribution is -2.61. The number of hydrogen-bond acceptors (Lipinski definition) is 3. The second-order valence-corrected chi connectivity index (χ2v) is 26.5. The zero-order valence-electron chi connectivity index (χ0n) is 47.0. The monoisotopic (exact) mass is 971 g/mol. The summed E-state index contributed by atoms with van der Waals surface area (Å²) in [4.78, 5) is 7.66. The van der Waals surface area contributed by atoms with Crippen LogP contribution < -0.4 is 31.1 Å². The minimum Gasteiger partial charge on any atom is -0.343 e. The molecule has 0 N–H and O–H groups in total. The van der Waals surface area contributed by atoms with Gasteiger partial charge in [-0.05, 0) is 150 Å². The number of nitrogens with zero attached hydrogens (tertiary/aromatic N) is 4. The van der Waals surface area contributed by atoms with Crippen LogP contribution in [0.3, 0.4) is 0 Å². The van der Waals surface area contributed by atoms with Gasteiger partial charge < -0.3 is 19.3 Å². The molecule has 5 heteroatoms. The van der Waals surface area contributed by atoms with E-state index in [1.54, 1.807) is 0 Å². The van der Waals surface area contributed by atoms with E-state index < -0.39 is 0 Å². The number of aryl methyl sites for hydroxylation is 1. The Morgan fingerprint density at radius 1 is 0.351 bits per heavy atom. The smallest absolute Gasteiger partial charge is 0.252 e. The highest BCUT2D eigenvalue weighted by Gasteiger charge is 2.45. The van der Waals surface area contributed by atoms with Crippen LogP contribution in [0.4, 0.5) is 51.2 Å². The molecule has 0 fully saturated rings. The van der Waals surface area contributed by atoms with E-state index in [1.165, 1.54) is 94.4 Å². The van der Waals surface area contributed by atoms with Crippen molar-refractivity contribution >= 4 is 96.1 Å². The summed E-state index contributed by atoms with van der Waals surface area (Å²) in [6.07, 6.45) is 0. The molecule has 11 rings (SSSR count). The minimum atomic E-state index is -0.0698. The Hall–Kier alpha value is -6.98. The molecule has 8 aromatic carbocycles. The molecule has 0 radical (unpaired) electrons. The van der Waals surface area contributed by atoms with Crippen LogP contribution >= 0.6 is 0 Å². The van der Waals surface area contributed by atoms with Crippen molar-refractivity contribution in [2.24, 2.45) is 7.05 Å². The average molecular weight is 971 g/mol. The Morgan fingerprint density at radius 3 is 1.27 bits per heavy atom. The molecule has 1 aromatic heterocycles. The summed E-state index contributed by atoms with van der Waals surface area (Å²) in [6, 6.07) is 63.5. The summed E-state index contributed by atoms with van der Waals surface area (Å²) in [7, 11) is 2.24. The van der Waals surface area contributed by atoms with Gasteiger partial charge in [0, 0.05) is 63.1 Å². The number of anilines is 9. The summed E-state index contributed by atoms with van der Waals surface area (Å²) in [6.45, 7) is 34.7. The Kier molecular flexibility index (Phi) is 11.3. The molecule has 0 saturated carbocycles. The highest BCUT2D eigenvalue weighted by molar-refractivity contribution is 7.00. The fraction of sp³-hybridized carbons (Fsp3) is 0.304. The molecule has 2 aliphatic rings. The molecular weight excluding hydrogens is 896 g/mol. The molecule has 0 spiro atoms. The lowest BCUT2D eigenvalue weighted by molar-refractivity contribution is 0.590. The molecule has 374 valence electrons. The van der Waals surface area contributed by atoms with Crippen LogP contribution in [0.5, 0.6) is 0 Å². The van der Waals surface area contributed by atoms with E-state index >= 15 is 0 Å². The first-order chi connectivity index (χ1) is 34.8. The first-order valence-corrected chi connectivity index (χ1v) is 26.9. The Labute approximate surface area is 442 Å². The predicted octanol–water partition coefficient (Wildman–Crippen LogP) is 17.4. The highest BCUT2D eigenvalue weighted by atomic mass is 15.2. The van der Waals surface area contributed by atoms with Crippen molar-refractivity contribution in [1.82, 2.24) is 4.57 Å². The van der Waals surface area contributed by atoms with Crippen molar-refractivity contribution in [3.8, 4) is 0 Å². The van der Waals surface area contributed by atoms with Crippen LogP contribution in [-0.2, 0) is 34.1 Å². The number of aromatic nitrogens is 1. The maximum atomic E-state index is 2.64. The summed E-state index contributed by atoms with van der Waals surface area (Å²) >= 11 is 0. The van der Waals surface area contributed by atoms with Gasteiger partial charge in [0.15, 0.2) is 0 Å². The maximum Gasteiger partial charge on any atom is 0.252 e. The van der Waals surface area contributed by atoms with Gasteiger partial charge in [-0.25, -0.2) is 0 Å². The molecule has 0 amide bonds. The normalized spacial score (nSPS) is 13.9. The van der Waals surface area contributed by atoms with Gasteiger partial charge in [0.1, 0.15) is 0 Å². The van der Waals surface area contributed by atoms with Gasteiger partial charge in [-0.15, -0.1) is 0 Å². The van der Waals surface area contributed by atoms with Crippen LogP contribution in [0.1, 0.15) is 132 Å². The fourth-order valence-electron chi connectivity index (χ4n) is 11.7. The van der Waals surface area contributed by atoms with Crippen LogP contribution in [0.2, 0.25) is 0 Å². The van der Waals surface area contributed by atoms with E-state index in [0.717, 1.165) is 22.7 Å². The number of para-hydroxylation sites is 1. The molecule has 74 heavy (non-hydrogen) atoms. The van der Waals surface area contributed by atoms with Crippen LogP contribution in [-0.4, -0.2) is 11.3 Å². The lowest BCUT2D eigenvalue weighted by Gasteiger charge is -2.45. The molecule has 0 atom stereocenters. The predicted molar refractivity (Wildman–Crippen MR) is 323 cm³/mol. The van der Waals surface area contributed by atoms with Crippen molar-refractivity contribution in [1.29, 1.82) is 0 Å². The third kappa shape index (κ3) is 8.22. The number of fused-ring (bicyclic) bond motifs is 7. The number of benzene rings is 8. The summed E-state index contributed by atoms with van der Waals surface area (Å²) < 4.78 is 2.41. The van der Waals surface area contributed by atoms with Crippen molar-refractivity contribution in [2.45, 2.75) is 131 Å². The van der Waals surface area contributed by atoms with Gasteiger partial charge in [0.2, 0.25) is 0 Å². The minimum absolute atomic E-state index is 0.0116. The third-order valence-corrected chi connectivity index (χ3v) is 16.2. The van der Waals surface area contributed by atoms with Crippen molar-refractivity contribution in [2.75, 3.05) is 14.7 Å². The Morgan fingerprint density at radius 2 is 0.784 bits per heavy atom. The molecule has 0 saturated heterocycles. The van der Waals surface area contributed by atoms with Crippen molar-refractivity contribution in [3.05, 3.63) is 192 Å². The van der Waals surface area contributed by atoms with E-state index in [-0.39, 0.29) is 33.8 Å². The lowest BCUT2D eigenvalue weighted by atomic mass is 9.33. The molecule has 0 aliphatic carbocycles. The fourth-order valence-corrected chi connectivity index (χ4v) is 11.7. The van der Waals surface area contributed by atoms with E-state index in [2.05, 4.69) is 294 Å². The van der Waals surface area contributed by atoms with Gasteiger partial charge >= 0.3 is 0 Å². The van der Waals surface area contributed by atoms with Crippen LogP contribution in [0.15, 0.2) is 164 Å². The Balaban J connectivity index is 1.24. The highest BCUT2D eigenvalue weighted by Crippen LogP contribution is 2.51. The molecular formula is C69H75BN4. The van der Waals surface area contributed by atoms with Gasteiger partial charge in [-0.2, -0.15) is 0 Å². The van der Waals surface area contributed by atoms with E-state index in [9.17, 15) is 0 Å². The molecule has 3 heterocycles. The summed E-state index contributed by atoms with van der Waals surface area (Å²) in [5.74, 6) is 0. The SMILES string of the molecule is Cn1c2ccccc2c2c(N3c4ccc(C(C)(C)C)cc4B4c5cc(C(C)(C)C)ccc5N(c5ccc(C(C)(C)C)cc5)c5cccc3c54)cc(N(c3ccc(C(C)(C)C)cc3)c3ccc(C(C)(C)C)cc3)cc21. The van der Waals surface area contributed by atoms with Crippen LogP contribution in [0, 0.1) is 0 Å². The molecule has 0 unspecified atom stereocenters. The maximum absolute atomic E-state index is 2.64. The quantitative estimate of drug-likeness (QED) is 0.160. The number of rotatable bonds is 5. The molecule has 2 aliphatic heterocycles. The van der Waals surface area contributed by atoms with Gasteiger partial charge in [0.25, 0.3) is 6.71 Å². The zero-order chi connectivity index (χ0) is 52.6. The van der Waals surface area contributed by atoms with Gasteiger partial charge in [-0.3, -0.25) is 0 Å². The second-order valence-electron chi connectivity index (χ2n) is 26.5. The van der Waals surface area contributed by atoms with Gasteiger partial charge in [0.05, 0.1) is 16.9 Å². The first-order valence-electron chi connectivity index (χ1n) is 26.9. The number of hydrogen-bond donors (Lipinski definition) is 0. The van der Waals surface area contributed by atoms with Crippen LogP contribution in [0.25, 0.3) is 21.8 Å².